The maximum Gasteiger partial charge on any atom is 0.309 e. The number of amides is 1. The van der Waals surface area contributed by atoms with Gasteiger partial charge in [-0.25, -0.2) is 4.39 Å². The molecule has 0 unspecified atom stereocenters. The lowest BCUT2D eigenvalue weighted by atomic mass is 10.1. The first-order chi connectivity index (χ1) is 9.88. The number of nitrogens with one attached hydrogen (secondary N) is 1. The molecule has 0 saturated heterocycles. The van der Waals surface area contributed by atoms with Gasteiger partial charge in [0.05, 0.1) is 11.5 Å². The monoisotopic (exact) mass is 293 g/mol. The molecule has 1 aliphatic rings. The first-order valence-electron chi connectivity index (χ1n) is 6.65. The molecule has 112 valence electrons. The van der Waals surface area contributed by atoms with Gasteiger partial charge in [-0.15, -0.1) is 0 Å². The summed E-state index contributed by atoms with van der Waals surface area (Å²) >= 11 is 0. The molecule has 1 aromatic carbocycles. The van der Waals surface area contributed by atoms with E-state index in [1.54, 1.807) is 0 Å². The Morgan fingerprint density at radius 1 is 1.38 bits per heavy atom. The Labute approximate surface area is 121 Å². The van der Waals surface area contributed by atoms with Gasteiger partial charge in [-0.3, -0.25) is 14.4 Å². The molecule has 1 amide bonds. The van der Waals surface area contributed by atoms with Crippen LogP contribution >= 0.6 is 0 Å². The molecule has 2 rings (SSSR count). The Morgan fingerprint density at radius 3 is 2.57 bits per heavy atom. The summed E-state index contributed by atoms with van der Waals surface area (Å²) < 4.78 is 18.7. The van der Waals surface area contributed by atoms with E-state index in [0.717, 1.165) is 12.5 Å². The van der Waals surface area contributed by atoms with Crippen molar-refractivity contribution in [3.63, 3.8) is 0 Å². The zero-order chi connectivity index (χ0) is 15.6. The largest absolute Gasteiger partial charge is 0.457 e. The van der Waals surface area contributed by atoms with Crippen molar-refractivity contribution in [2.75, 3.05) is 11.9 Å². The highest BCUT2D eigenvalue weighted by Gasteiger charge is 2.40. The Kier molecular flexibility index (Phi) is 4.35. The Morgan fingerprint density at radius 2 is 2.05 bits per heavy atom. The highest BCUT2D eigenvalue weighted by molar-refractivity contribution is 5.99. The number of halogens is 1. The molecular weight excluding hydrogens is 277 g/mol. The summed E-state index contributed by atoms with van der Waals surface area (Å²) in [6.45, 7) is 2.75. The minimum atomic E-state index is -0.762. The molecule has 5 nitrogen and oxygen atoms in total. The fraction of sp³-hybridized carbons (Fsp3) is 0.400. The zero-order valence-electron chi connectivity index (χ0n) is 11.8. The molecule has 1 saturated carbocycles. The second kappa shape index (κ2) is 6.03. The van der Waals surface area contributed by atoms with Crippen LogP contribution in [0.5, 0.6) is 0 Å². The van der Waals surface area contributed by atoms with Crippen LogP contribution in [0.3, 0.4) is 0 Å². The van der Waals surface area contributed by atoms with Crippen molar-refractivity contribution in [2.24, 2.45) is 11.8 Å². The van der Waals surface area contributed by atoms with E-state index in [0.29, 0.717) is 5.92 Å². The molecule has 0 spiro atoms. The summed E-state index contributed by atoms with van der Waals surface area (Å²) in [6, 6.07) is 3.73. The maximum atomic E-state index is 13.8. The molecule has 6 heteroatoms. The van der Waals surface area contributed by atoms with Crippen LogP contribution in [0.4, 0.5) is 10.1 Å². The zero-order valence-corrected chi connectivity index (χ0v) is 11.8. The highest BCUT2D eigenvalue weighted by atomic mass is 19.1. The number of anilines is 1. The van der Waals surface area contributed by atoms with Crippen LogP contribution in [0.1, 0.15) is 30.6 Å². The predicted octanol–water partition coefficient (Wildman–Crippen LogP) is 2.17. The average molecular weight is 293 g/mol. The van der Waals surface area contributed by atoms with Crippen molar-refractivity contribution in [1.82, 2.24) is 0 Å². The molecule has 0 heterocycles. The maximum absolute atomic E-state index is 13.8. The summed E-state index contributed by atoms with van der Waals surface area (Å²) in [5.41, 5.74) is 0.0982. The third-order valence-corrected chi connectivity index (χ3v) is 3.35. The van der Waals surface area contributed by atoms with Crippen molar-refractivity contribution in [3.05, 3.63) is 29.6 Å². The molecule has 21 heavy (non-hydrogen) atoms. The van der Waals surface area contributed by atoms with Gasteiger partial charge < -0.3 is 10.1 Å². The molecule has 1 fully saturated rings. The average Bonchev–Trinajstić information content (AvgIpc) is 3.12. The van der Waals surface area contributed by atoms with E-state index < -0.39 is 24.2 Å². The molecule has 1 aliphatic carbocycles. The summed E-state index contributed by atoms with van der Waals surface area (Å²) in [5.74, 6) is -1.95. The lowest BCUT2D eigenvalue weighted by molar-refractivity contribution is -0.144. The first-order valence-corrected chi connectivity index (χ1v) is 6.65. The van der Waals surface area contributed by atoms with E-state index in [1.807, 2.05) is 6.92 Å². The third-order valence-electron chi connectivity index (χ3n) is 3.35. The van der Waals surface area contributed by atoms with Crippen LogP contribution in [-0.2, 0) is 14.3 Å². The summed E-state index contributed by atoms with van der Waals surface area (Å²) in [7, 11) is 0. The number of ether oxygens (including phenoxy) is 1. The number of carbonyl (C=O) groups is 3. The molecule has 0 aromatic heterocycles. The number of hydrogen-bond donors (Lipinski definition) is 1. The lowest BCUT2D eigenvalue weighted by Crippen LogP contribution is -2.17. The van der Waals surface area contributed by atoms with E-state index in [9.17, 15) is 18.8 Å². The standard InChI is InChI=1S/C15H16FNO4/c1-8-5-12(8)15(20)21-7-14(19)11-4-3-10(6-13(11)16)17-9(2)18/h3-4,6,8,12H,5,7H2,1-2H3,(H,17,18)/t8-,12+/m0/s1. The minimum absolute atomic E-state index is 0.134. The lowest BCUT2D eigenvalue weighted by Gasteiger charge is -2.07. The second-order valence-corrected chi connectivity index (χ2v) is 5.23. The van der Waals surface area contributed by atoms with Gasteiger partial charge in [-0.05, 0) is 30.5 Å². The van der Waals surface area contributed by atoms with Crippen LogP contribution < -0.4 is 5.32 Å². The van der Waals surface area contributed by atoms with Gasteiger partial charge in [-0.2, -0.15) is 0 Å². The van der Waals surface area contributed by atoms with Gasteiger partial charge in [0.15, 0.2) is 6.61 Å². The van der Waals surface area contributed by atoms with Gasteiger partial charge in [0.1, 0.15) is 5.82 Å². The number of Topliss-reactive ketones (excluding diaryl/α,β-unsaturated/α-hetero) is 1. The van der Waals surface area contributed by atoms with Gasteiger partial charge in [0, 0.05) is 12.6 Å². The normalized spacial score (nSPS) is 19.8. The van der Waals surface area contributed by atoms with Crippen LogP contribution in [-0.4, -0.2) is 24.3 Å². The number of carbonyl (C=O) groups excluding carboxylic acids is 3. The fourth-order valence-corrected chi connectivity index (χ4v) is 1.99. The minimum Gasteiger partial charge on any atom is -0.457 e. The van der Waals surface area contributed by atoms with E-state index in [4.69, 9.17) is 4.74 Å². The molecule has 0 aliphatic heterocycles. The third kappa shape index (κ3) is 3.87. The van der Waals surface area contributed by atoms with Crippen LogP contribution in [0.2, 0.25) is 0 Å². The van der Waals surface area contributed by atoms with Gasteiger partial charge >= 0.3 is 5.97 Å². The molecule has 0 bridgehead atoms. The SMILES string of the molecule is CC(=O)Nc1ccc(C(=O)COC(=O)[C@@H]2C[C@@H]2C)c(F)c1. The van der Waals surface area contributed by atoms with Crippen molar-refractivity contribution in [3.8, 4) is 0 Å². The van der Waals surface area contributed by atoms with E-state index in [1.165, 1.54) is 19.1 Å². The van der Waals surface area contributed by atoms with E-state index in [2.05, 4.69) is 5.32 Å². The van der Waals surface area contributed by atoms with Crippen molar-refractivity contribution < 1.29 is 23.5 Å². The van der Waals surface area contributed by atoms with E-state index >= 15 is 0 Å². The molecular formula is C15H16FNO4. The predicted molar refractivity (Wildman–Crippen MR) is 73.3 cm³/mol. The van der Waals surface area contributed by atoms with Crippen molar-refractivity contribution in [2.45, 2.75) is 20.3 Å². The Balaban J connectivity index is 1.95. The Hall–Kier alpha value is -2.24. The van der Waals surface area contributed by atoms with Crippen LogP contribution in [0, 0.1) is 17.7 Å². The molecule has 1 N–H and O–H groups in total. The molecule has 1 aromatic rings. The number of rotatable bonds is 5. The molecule has 2 atom stereocenters. The topological polar surface area (TPSA) is 72.5 Å². The summed E-state index contributed by atoms with van der Waals surface area (Å²) in [5, 5.41) is 2.41. The fourth-order valence-electron chi connectivity index (χ4n) is 1.99. The Bertz CT molecular complexity index is 599. The van der Waals surface area contributed by atoms with Crippen molar-refractivity contribution >= 4 is 23.3 Å². The molecule has 0 radical (unpaired) electrons. The van der Waals surface area contributed by atoms with Gasteiger partial charge in [0.25, 0.3) is 0 Å². The van der Waals surface area contributed by atoms with Gasteiger partial charge in [-0.1, -0.05) is 6.92 Å². The van der Waals surface area contributed by atoms with Crippen molar-refractivity contribution in [1.29, 1.82) is 0 Å². The summed E-state index contributed by atoms with van der Waals surface area (Å²) in [6.07, 6.45) is 0.771. The van der Waals surface area contributed by atoms with Gasteiger partial charge in [0.2, 0.25) is 11.7 Å². The quantitative estimate of drug-likeness (QED) is 0.667. The van der Waals surface area contributed by atoms with E-state index in [-0.39, 0.29) is 23.1 Å². The number of hydrogen-bond acceptors (Lipinski definition) is 4. The first kappa shape index (κ1) is 15.2. The highest BCUT2D eigenvalue weighted by Crippen LogP contribution is 2.38. The number of benzene rings is 1. The van der Waals surface area contributed by atoms with Crippen LogP contribution in [0.25, 0.3) is 0 Å². The smallest absolute Gasteiger partial charge is 0.309 e. The second-order valence-electron chi connectivity index (χ2n) is 5.23. The number of ketones is 1. The number of esters is 1. The van der Waals surface area contributed by atoms with Crippen LogP contribution in [0.15, 0.2) is 18.2 Å². The summed E-state index contributed by atoms with van der Waals surface area (Å²) in [4.78, 5) is 34.2.